The molecule has 1 aromatic carbocycles. The van der Waals surface area contributed by atoms with Crippen LogP contribution in [0, 0.1) is 0 Å². The minimum atomic E-state index is -4.02. The van der Waals surface area contributed by atoms with E-state index >= 15 is 0 Å². The number of ether oxygens (including phenoxy) is 1. The monoisotopic (exact) mass is 403 g/mol. The highest BCUT2D eigenvalue weighted by molar-refractivity contribution is 7.89. The van der Waals surface area contributed by atoms with E-state index < -0.39 is 28.5 Å². The molecular formula is C14H11Cl2N3O5S. The van der Waals surface area contributed by atoms with Crippen molar-refractivity contribution < 1.29 is 22.7 Å². The molecule has 0 aliphatic carbocycles. The van der Waals surface area contributed by atoms with Crippen molar-refractivity contribution >= 4 is 50.9 Å². The number of nitrogens with one attached hydrogen (secondary N) is 1. The Labute approximate surface area is 152 Å². The number of aromatic nitrogens is 1. The number of anilines is 1. The summed E-state index contributed by atoms with van der Waals surface area (Å²) >= 11 is 11.5. The zero-order valence-electron chi connectivity index (χ0n) is 12.4. The van der Waals surface area contributed by atoms with Gasteiger partial charge in [-0.05, 0) is 30.3 Å². The third-order valence-electron chi connectivity index (χ3n) is 2.82. The number of rotatable bonds is 5. The Morgan fingerprint density at radius 2 is 1.92 bits per heavy atom. The first kappa shape index (κ1) is 19.1. The van der Waals surface area contributed by atoms with E-state index in [9.17, 15) is 18.0 Å². The van der Waals surface area contributed by atoms with Gasteiger partial charge in [-0.2, -0.15) is 0 Å². The van der Waals surface area contributed by atoms with E-state index in [2.05, 4.69) is 10.3 Å². The molecule has 25 heavy (non-hydrogen) atoms. The van der Waals surface area contributed by atoms with Gasteiger partial charge >= 0.3 is 5.97 Å². The molecule has 0 saturated heterocycles. The summed E-state index contributed by atoms with van der Waals surface area (Å²) in [5.41, 5.74) is -0.231. The van der Waals surface area contributed by atoms with E-state index in [1.165, 1.54) is 24.4 Å². The molecule has 0 spiro atoms. The predicted molar refractivity (Wildman–Crippen MR) is 91.0 cm³/mol. The minimum Gasteiger partial charge on any atom is -0.452 e. The van der Waals surface area contributed by atoms with Crippen molar-refractivity contribution in [1.82, 2.24) is 4.98 Å². The summed E-state index contributed by atoms with van der Waals surface area (Å²) in [6.45, 7) is -0.626. The lowest BCUT2D eigenvalue weighted by atomic mass is 10.2. The van der Waals surface area contributed by atoms with Crippen LogP contribution >= 0.6 is 23.2 Å². The summed E-state index contributed by atoms with van der Waals surface area (Å²) < 4.78 is 27.4. The van der Waals surface area contributed by atoms with Crippen LogP contribution in [0.5, 0.6) is 0 Å². The Morgan fingerprint density at radius 3 is 2.52 bits per heavy atom. The van der Waals surface area contributed by atoms with Crippen LogP contribution in [0.1, 0.15) is 10.4 Å². The molecule has 2 rings (SSSR count). The number of carbonyl (C=O) groups excluding carboxylic acids is 2. The van der Waals surface area contributed by atoms with Gasteiger partial charge in [0.1, 0.15) is 5.82 Å². The lowest BCUT2D eigenvalue weighted by Crippen LogP contribution is -2.22. The fraction of sp³-hybridized carbons (Fsp3) is 0.0714. The standard InChI is InChI=1S/C14H11Cl2N3O5S/c15-8-1-4-12(18-6-8)19-13(20)7-24-14(21)10-5-9(25(17,22)23)2-3-11(10)16/h1-6H,7H2,(H2,17,22,23)(H,18,19,20). The molecule has 3 N–H and O–H groups in total. The number of benzene rings is 1. The van der Waals surface area contributed by atoms with Gasteiger partial charge in [-0.15, -0.1) is 0 Å². The maximum absolute atomic E-state index is 12.0. The zero-order valence-corrected chi connectivity index (χ0v) is 14.7. The quantitative estimate of drug-likeness (QED) is 0.732. The Kier molecular flexibility index (Phi) is 5.96. The molecule has 1 aromatic heterocycles. The van der Waals surface area contributed by atoms with Gasteiger partial charge in [-0.3, -0.25) is 4.79 Å². The van der Waals surface area contributed by atoms with Crippen LogP contribution in [0.2, 0.25) is 10.0 Å². The number of pyridine rings is 1. The molecule has 0 fully saturated rings. The highest BCUT2D eigenvalue weighted by Crippen LogP contribution is 2.20. The number of nitrogens with zero attached hydrogens (tertiary/aromatic N) is 1. The van der Waals surface area contributed by atoms with Crippen molar-refractivity contribution in [2.75, 3.05) is 11.9 Å². The van der Waals surface area contributed by atoms with Crippen molar-refractivity contribution in [3.8, 4) is 0 Å². The van der Waals surface area contributed by atoms with Crippen LogP contribution in [-0.2, 0) is 19.6 Å². The molecule has 0 radical (unpaired) electrons. The summed E-state index contributed by atoms with van der Waals surface area (Å²) in [6, 6.07) is 6.30. The van der Waals surface area contributed by atoms with Gasteiger partial charge < -0.3 is 10.1 Å². The Bertz CT molecular complexity index is 917. The molecule has 2 aromatic rings. The topological polar surface area (TPSA) is 128 Å². The number of esters is 1. The van der Waals surface area contributed by atoms with Crippen LogP contribution in [0.4, 0.5) is 5.82 Å². The van der Waals surface area contributed by atoms with Gasteiger partial charge in [0, 0.05) is 6.20 Å². The van der Waals surface area contributed by atoms with E-state index in [-0.39, 0.29) is 21.3 Å². The second-order valence-corrected chi connectivity index (χ2v) is 7.08. The van der Waals surface area contributed by atoms with Gasteiger partial charge in [0.2, 0.25) is 10.0 Å². The van der Waals surface area contributed by atoms with Gasteiger partial charge in [-0.25, -0.2) is 23.3 Å². The lowest BCUT2D eigenvalue weighted by Gasteiger charge is -2.08. The number of halogens is 2. The number of hydrogen-bond acceptors (Lipinski definition) is 6. The molecule has 0 aliphatic rings. The van der Waals surface area contributed by atoms with E-state index in [1.807, 2.05) is 0 Å². The highest BCUT2D eigenvalue weighted by atomic mass is 35.5. The van der Waals surface area contributed by atoms with Crippen molar-refractivity contribution in [2.45, 2.75) is 4.90 Å². The third kappa shape index (κ3) is 5.40. The molecule has 1 heterocycles. The molecule has 8 nitrogen and oxygen atoms in total. The van der Waals surface area contributed by atoms with E-state index in [4.69, 9.17) is 33.1 Å². The number of primary sulfonamides is 1. The molecule has 0 bridgehead atoms. The normalized spacial score (nSPS) is 11.0. The maximum Gasteiger partial charge on any atom is 0.340 e. The van der Waals surface area contributed by atoms with Gasteiger partial charge in [0.05, 0.1) is 20.5 Å². The van der Waals surface area contributed by atoms with Gasteiger partial charge in [0.15, 0.2) is 6.61 Å². The van der Waals surface area contributed by atoms with E-state index in [1.54, 1.807) is 0 Å². The van der Waals surface area contributed by atoms with Crippen molar-refractivity contribution in [3.05, 3.63) is 52.1 Å². The van der Waals surface area contributed by atoms with Crippen LogP contribution < -0.4 is 10.5 Å². The Balaban J connectivity index is 2.02. The van der Waals surface area contributed by atoms with Crippen LogP contribution in [0.3, 0.4) is 0 Å². The predicted octanol–water partition coefficient (Wildman–Crippen LogP) is 1.83. The number of hydrogen-bond donors (Lipinski definition) is 2. The molecule has 0 saturated carbocycles. The molecule has 132 valence electrons. The molecular weight excluding hydrogens is 393 g/mol. The van der Waals surface area contributed by atoms with Crippen LogP contribution in [0.25, 0.3) is 0 Å². The Morgan fingerprint density at radius 1 is 1.20 bits per heavy atom. The highest BCUT2D eigenvalue weighted by Gasteiger charge is 2.18. The summed E-state index contributed by atoms with van der Waals surface area (Å²) in [5.74, 6) is -1.41. The lowest BCUT2D eigenvalue weighted by molar-refractivity contribution is -0.119. The van der Waals surface area contributed by atoms with Crippen molar-refractivity contribution in [1.29, 1.82) is 0 Å². The molecule has 1 amide bonds. The zero-order chi connectivity index (χ0) is 18.6. The van der Waals surface area contributed by atoms with E-state index in [0.717, 1.165) is 12.1 Å². The number of nitrogens with two attached hydrogens (primary N) is 1. The first-order chi connectivity index (χ1) is 11.7. The Hall–Kier alpha value is -2.20. The largest absolute Gasteiger partial charge is 0.452 e. The molecule has 0 aliphatic heterocycles. The minimum absolute atomic E-state index is 0.0443. The molecule has 11 heteroatoms. The van der Waals surface area contributed by atoms with Crippen molar-refractivity contribution in [3.63, 3.8) is 0 Å². The summed E-state index contributed by atoms with van der Waals surface area (Å²) in [5, 5.41) is 7.74. The third-order valence-corrected chi connectivity index (χ3v) is 4.28. The first-order valence-electron chi connectivity index (χ1n) is 6.57. The average Bonchev–Trinajstić information content (AvgIpc) is 2.54. The second-order valence-electron chi connectivity index (χ2n) is 4.67. The second kappa shape index (κ2) is 7.79. The number of amides is 1. The summed E-state index contributed by atoms with van der Waals surface area (Å²) in [6.07, 6.45) is 1.34. The van der Waals surface area contributed by atoms with Crippen molar-refractivity contribution in [2.24, 2.45) is 5.14 Å². The van der Waals surface area contributed by atoms with Crippen LogP contribution in [0.15, 0.2) is 41.4 Å². The first-order valence-corrected chi connectivity index (χ1v) is 8.88. The molecule has 0 atom stereocenters. The fourth-order valence-electron chi connectivity index (χ4n) is 1.68. The van der Waals surface area contributed by atoms with Gasteiger partial charge in [0.25, 0.3) is 5.91 Å². The summed E-state index contributed by atoms with van der Waals surface area (Å²) in [7, 11) is -4.02. The fourth-order valence-corrected chi connectivity index (χ4v) is 2.52. The smallest absolute Gasteiger partial charge is 0.340 e. The average molecular weight is 404 g/mol. The number of sulfonamides is 1. The summed E-state index contributed by atoms with van der Waals surface area (Å²) in [4.78, 5) is 27.3. The SMILES string of the molecule is NS(=O)(=O)c1ccc(Cl)c(C(=O)OCC(=O)Nc2ccc(Cl)cn2)c1. The number of carbonyl (C=O) groups is 2. The van der Waals surface area contributed by atoms with Crippen LogP contribution in [-0.4, -0.2) is 31.9 Å². The van der Waals surface area contributed by atoms with Gasteiger partial charge in [-0.1, -0.05) is 23.2 Å². The molecule has 0 unspecified atom stereocenters. The maximum atomic E-state index is 12.0. The van der Waals surface area contributed by atoms with E-state index in [0.29, 0.717) is 5.02 Å².